The number of H-pyrrole nitrogens is 1. The Balaban J connectivity index is 1.26. The molecule has 1 amide bonds. The number of aryl methyl sites for hydroxylation is 2. The highest BCUT2D eigenvalue weighted by molar-refractivity contribution is 8.00. The van der Waals surface area contributed by atoms with Crippen molar-refractivity contribution in [2.75, 3.05) is 36.8 Å². The number of anilines is 4. The third-order valence-electron chi connectivity index (χ3n) is 9.01. The molecule has 250 valence electrons. The number of piperidine rings is 2. The number of hydrogen-bond donors (Lipinski definition) is 4. The van der Waals surface area contributed by atoms with Gasteiger partial charge in [0.15, 0.2) is 5.65 Å². The van der Waals surface area contributed by atoms with Crippen molar-refractivity contribution in [3.05, 3.63) is 53.2 Å². The van der Waals surface area contributed by atoms with Crippen molar-refractivity contribution in [2.24, 2.45) is 5.92 Å². The van der Waals surface area contributed by atoms with Crippen molar-refractivity contribution in [1.29, 1.82) is 0 Å². The number of nitrogens with zero attached hydrogens (tertiary/aromatic N) is 4. The van der Waals surface area contributed by atoms with Gasteiger partial charge in [-0.05, 0) is 108 Å². The van der Waals surface area contributed by atoms with Gasteiger partial charge in [-0.25, -0.2) is 0 Å². The summed E-state index contributed by atoms with van der Waals surface area (Å²) in [6.07, 6.45) is 3.78. The van der Waals surface area contributed by atoms with Crippen LogP contribution < -0.4 is 20.7 Å². The van der Waals surface area contributed by atoms with Crippen molar-refractivity contribution in [3.63, 3.8) is 0 Å². The predicted octanol–water partition coefficient (Wildman–Crippen LogP) is 7.45. The maximum Gasteiger partial charge on any atom is 0.231 e. The van der Waals surface area contributed by atoms with Gasteiger partial charge in [0.1, 0.15) is 11.6 Å². The average molecular weight is 657 g/mol. The van der Waals surface area contributed by atoms with E-state index in [0.717, 1.165) is 85.0 Å². The summed E-state index contributed by atoms with van der Waals surface area (Å²) in [5, 5.41) is 19.3. The number of thioether (sulfide) groups is 1. The predicted molar refractivity (Wildman–Crippen MR) is 192 cm³/mol. The SMILES string of the molecule is Cc1cc(Nc2nc(Nc3ccccc3SC(C)C)c3c(C)[nH]nc3n2)c(OC(C)C)cc1C1CCN(C(=O)C2CCNCC2)CC1. The van der Waals surface area contributed by atoms with Crippen molar-refractivity contribution >= 4 is 51.8 Å². The fourth-order valence-electron chi connectivity index (χ4n) is 6.72. The maximum absolute atomic E-state index is 13.2. The Kier molecular flexibility index (Phi) is 10.2. The third-order valence-corrected chi connectivity index (χ3v) is 10.1. The van der Waals surface area contributed by atoms with Crippen molar-refractivity contribution in [2.45, 2.75) is 89.4 Å². The highest BCUT2D eigenvalue weighted by atomic mass is 32.2. The molecule has 0 spiro atoms. The lowest BCUT2D eigenvalue weighted by atomic mass is 9.85. The van der Waals surface area contributed by atoms with E-state index in [1.807, 2.05) is 38.6 Å². The Morgan fingerprint density at radius 2 is 1.72 bits per heavy atom. The summed E-state index contributed by atoms with van der Waals surface area (Å²) in [6, 6.07) is 12.6. The summed E-state index contributed by atoms with van der Waals surface area (Å²) < 4.78 is 6.38. The number of aromatic nitrogens is 4. The fourth-order valence-corrected chi connectivity index (χ4v) is 7.63. The van der Waals surface area contributed by atoms with Gasteiger partial charge in [-0.1, -0.05) is 26.0 Å². The van der Waals surface area contributed by atoms with Crippen LogP contribution in [0, 0.1) is 19.8 Å². The molecule has 0 radical (unpaired) electrons. The van der Waals surface area contributed by atoms with Gasteiger partial charge < -0.3 is 25.6 Å². The minimum absolute atomic E-state index is 0.0138. The number of hydrogen-bond acceptors (Lipinski definition) is 9. The number of rotatable bonds is 10. The first-order valence-electron chi connectivity index (χ1n) is 17.0. The van der Waals surface area contributed by atoms with E-state index < -0.39 is 0 Å². The van der Waals surface area contributed by atoms with Gasteiger partial charge in [0.25, 0.3) is 0 Å². The Labute approximate surface area is 282 Å². The first kappa shape index (κ1) is 33.1. The molecule has 4 aromatic rings. The number of aromatic amines is 1. The molecule has 2 aromatic heterocycles. The zero-order chi connectivity index (χ0) is 33.1. The fraction of sp³-hybridized carbons (Fsp3) is 0.500. The molecule has 2 aliphatic heterocycles. The van der Waals surface area contributed by atoms with Crippen molar-refractivity contribution < 1.29 is 9.53 Å². The van der Waals surface area contributed by atoms with Gasteiger partial charge in [0.2, 0.25) is 11.9 Å². The Morgan fingerprint density at radius 1 is 0.979 bits per heavy atom. The Hall–Kier alpha value is -3.83. The minimum atomic E-state index is -0.0138. The van der Waals surface area contributed by atoms with E-state index in [0.29, 0.717) is 34.5 Å². The number of nitrogens with one attached hydrogen (secondary N) is 4. The molecule has 0 atom stereocenters. The largest absolute Gasteiger partial charge is 0.489 e. The lowest BCUT2D eigenvalue weighted by molar-refractivity contribution is -0.137. The normalized spacial score (nSPS) is 16.3. The number of fused-ring (bicyclic) bond motifs is 1. The maximum atomic E-state index is 13.2. The van der Waals surface area contributed by atoms with Crippen LogP contribution in [0.2, 0.25) is 0 Å². The van der Waals surface area contributed by atoms with E-state index in [-0.39, 0.29) is 12.0 Å². The van der Waals surface area contributed by atoms with Crippen molar-refractivity contribution in [1.82, 2.24) is 30.4 Å². The van der Waals surface area contributed by atoms with Crippen LogP contribution in [-0.2, 0) is 4.79 Å². The quantitative estimate of drug-likeness (QED) is 0.129. The molecule has 2 aliphatic rings. The molecule has 4 heterocycles. The number of likely N-dealkylation sites (tertiary alicyclic amines) is 1. The average Bonchev–Trinajstić information content (AvgIpc) is 3.43. The first-order valence-corrected chi connectivity index (χ1v) is 17.9. The second kappa shape index (κ2) is 14.5. The number of carbonyl (C=O) groups excluding carboxylic acids is 1. The van der Waals surface area contributed by atoms with Gasteiger partial charge >= 0.3 is 0 Å². The summed E-state index contributed by atoms with van der Waals surface area (Å²) in [7, 11) is 0. The lowest BCUT2D eigenvalue weighted by Gasteiger charge is -2.36. The second-order valence-electron chi connectivity index (χ2n) is 13.4. The van der Waals surface area contributed by atoms with Crippen molar-refractivity contribution in [3.8, 4) is 5.75 Å². The van der Waals surface area contributed by atoms with Gasteiger partial charge in [-0.2, -0.15) is 15.1 Å². The first-order chi connectivity index (χ1) is 22.7. The van der Waals surface area contributed by atoms with Crippen LogP contribution in [-0.4, -0.2) is 68.5 Å². The van der Waals surface area contributed by atoms with Gasteiger partial charge in [0, 0.05) is 34.8 Å². The lowest BCUT2D eigenvalue weighted by Crippen LogP contribution is -2.44. The topological polar surface area (TPSA) is 120 Å². The molecular weight excluding hydrogens is 609 g/mol. The number of carbonyl (C=O) groups is 1. The molecule has 0 saturated carbocycles. The molecule has 0 bridgehead atoms. The van der Waals surface area contributed by atoms with Gasteiger partial charge in [-0.3, -0.25) is 9.89 Å². The van der Waals surface area contributed by atoms with E-state index in [9.17, 15) is 4.79 Å². The van der Waals surface area contributed by atoms with Crippen LogP contribution in [0.25, 0.3) is 11.0 Å². The van der Waals surface area contributed by atoms with Crippen LogP contribution in [0.15, 0.2) is 41.3 Å². The minimum Gasteiger partial charge on any atom is -0.489 e. The standard InChI is InChI=1S/C36H48N8O2S/c1-21(2)46-30-20-27(25-13-17-44(18-14-25)35(45)26-11-15-37-16-12-26)23(5)19-29(30)39-36-40-33(32-24(6)42-43-34(32)41-36)38-28-9-7-8-10-31(28)47-22(3)4/h7-10,19-22,25-26,37H,11-18H2,1-6H3,(H3,38,39,40,41,42,43). The van der Waals surface area contributed by atoms with Crippen LogP contribution >= 0.6 is 11.8 Å². The van der Waals surface area contributed by atoms with E-state index in [2.05, 4.69) is 82.2 Å². The van der Waals surface area contributed by atoms with Gasteiger partial charge in [0.05, 0.1) is 22.9 Å². The molecule has 2 saturated heterocycles. The summed E-state index contributed by atoms with van der Waals surface area (Å²) in [4.78, 5) is 26.2. The highest BCUT2D eigenvalue weighted by Crippen LogP contribution is 2.39. The third kappa shape index (κ3) is 7.67. The number of ether oxygens (including phenoxy) is 1. The zero-order valence-corrected chi connectivity index (χ0v) is 29.3. The molecule has 0 aliphatic carbocycles. The summed E-state index contributed by atoms with van der Waals surface area (Å²) in [6.45, 7) is 16.1. The molecule has 0 unspecified atom stereocenters. The van der Waals surface area contributed by atoms with E-state index in [1.165, 1.54) is 11.1 Å². The number of amides is 1. The molecule has 4 N–H and O–H groups in total. The molecule has 2 aromatic carbocycles. The van der Waals surface area contributed by atoms with E-state index in [1.54, 1.807) is 0 Å². The van der Waals surface area contributed by atoms with Crippen LogP contribution in [0.5, 0.6) is 5.75 Å². The molecule has 2 fully saturated rings. The highest BCUT2D eigenvalue weighted by Gasteiger charge is 2.30. The molecule has 6 rings (SSSR count). The Morgan fingerprint density at radius 3 is 2.45 bits per heavy atom. The summed E-state index contributed by atoms with van der Waals surface area (Å²) in [5.41, 5.74) is 5.75. The van der Waals surface area contributed by atoms with E-state index >= 15 is 0 Å². The van der Waals surface area contributed by atoms with Gasteiger partial charge in [-0.15, -0.1) is 11.8 Å². The van der Waals surface area contributed by atoms with Crippen LogP contribution in [0.1, 0.15) is 76.1 Å². The van der Waals surface area contributed by atoms with Crippen LogP contribution in [0.4, 0.5) is 23.1 Å². The summed E-state index contributed by atoms with van der Waals surface area (Å²) in [5.74, 6) is 2.77. The zero-order valence-electron chi connectivity index (χ0n) is 28.4. The molecule has 10 nitrogen and oxygen atoms in total. The van der Waals surface area contributed by atoms with E-state index in [4.69, 9.17) is 14.7 Å². The second-order valence-corrected chi connectivity index (χ2v) is 15.0. The smallest absolute Gasteiger partial charge is 0.231 e. The molecule has 47 heavy (non-hydrogen) atoms. The molecule has 11 heteroatoms. The summed E-state index contributed by atoms with van der Waals surface area (Å²) >= 11 is 1.81. The number of para-hydroxylation sites is 1. The number of benzene rings is 2. The molecular formula is C36H48N8O2S. The van der Waals surface area contributed by atoms with Crippen LogP contribution in [0.3, 0.4) is 0 Å². The Bertz CT molecular complexity index is 1710. The monoisotopic (exact) mass is 656 g/mol.